The number of oxazole rings is 1. The van der Waals surface area contributed by atoms with Crippen LogP contribution in [0.5, 0.6) is 0 Å². The van der Waals surface area contributed by atoms with E-state index < -0.39 is 0 Å². The molecule has 1 amide bonds. The highest BCUT2D eigenvalue weighted by molar-refractivity contribution is 6.30. The molecule has 1 fully saturated rings. The molecule has 1 N–H and O–H groups in total. The molecule has 0 unspecified atom stereocenters. The number of rotatable bonds is 10. The second-order valence-electron chi connectivity index (χ2n) is 8.46. The molecule has 3 aromatic rings. The average molecular weight is 483 g/mol. The Labute approximate surface area is 205 Å². The van der Waals surface area contributed by atoms with E-state index in [0.717, 1.165) is 38.4 Å². The highest BCUT2D eigenvalue weighted by Crippen LogP contribution is 2.25. The van der Waals surface area contributed by atoms with E-state index in [1.807, 2.05) is 36.4 Å². The maximum atomic E-state index is 12.6. The minimum Gasteiger partial charge on any atom is -0.447 e. The van der Waals surface area contributed by atoms with Crippen LogP contribution in [-0.2, 0) is 17.8 Å². The number of benzene rings is 2. The summed E-state index contributed by atoms with van der Waals surface area (Å²) < 4.78 is 11.1. The number of carbonyl (C=O) groups is 1. The molecule has 1 aliphatic rings. The number of amides is 1. The van der Waals surface area contributed by atoms with Crippen LogP contribution in [0.1, 0.15) is 40.5 Å². The van der Waals surface area contributed by atoms with Gasteiger partial charge in [-0.3, -0.25) is 14.6 Å². The van der Waals surface area contributed by atoms with Crippen LogP contribution in [0.4, 0.5) is 0 Å². The number of nitrogens with one attached hydrogen (secondary N) is 1. The zero-order valence-corrected chi connectivity index (χ0v) is 20.2. The van der Waals surface area contributed by atoms with E-state index in [9.17, 15) is 4.79 Å². The van der Waals surface area contributed by atoms with Gasteiger partial charge in [0.05, 0.1) is 19.8 Å². The van der Waals surface area contributed by atoms with Gasteiger partial charge in [0.15, 0.2) is 5.69 Å². The van der Waals surface area contributed by atoms with Crippen molar-refractivity contribution in [1.82, 2.24) is 20.1 Å². The van der Waals surface area contributed by atoms with Gasteiger partial charge in [0.1, 0.15) is 6.26 Å². The summed E-state index contributed by atoms with van der Waals surface area (Å²) >= 11 is 6.21. The van der Waals surface area contributed by atoms with Crippen LogP contribution in [0, 0.1) is 0 Å². The maximum absolute atomic E-state index is 12.6. The van der Waals surface area contributed by atoms with Crippen molar-refractivity contribution in [3.8, 4) is 0 Å². The van der Waals surface area contributed by atoms with E-state index in [4.69, 9.17) is 20.8 Å². The third-order valence-corrected chi connectivity index (χ3v) is 6.28. The van der Waals surface area contributed by atoms with Gasteiger partial charge in [-0.1, -0.05) is 54.1 Å². The normalized spacial score (nSPS) is 15.4. The van der Waals surface area contributed by atoms with Crippen LogP contribution >= 0.6 is 11.6 Å². The Hall–Kier alpha value is -2.71. The summed E-state index contributed by atoms with van der Waals surface area (Å²) in [5, 5.41) is 3.64. The summed E-state index contributed by atoms with van der Waals surface area (Å²) in [7, 11) is 0. The zero-order chi connectivity index (χ0) is 23.8. The lowest BCUT2D eigenvalue weighted by atomic mass is 10.1. The van der Waals surface area contributed by atoms with Crippen molar-refractivity contribution in [3.63, 3.8) is 0 Å². The second kappa shape index (κ2) is 12.1. The first-order chi connectivity index (χ1) is 16.6. The lowest BCUT2D eigenvalue weighted by molar-refractivity contribution is 0.0383. The first-order valence-electron chi connectivity index (χ1n) is 11.6. The molecule has 2 heterocycles. The Balaban J connectivity index is 1.40. The van der Waals surface area contributed by atoms with E-state index in [-0.39, 0.29) is 11.9 Å². The lowest BCUT2D eigenvalue weighted by Crippen LogP contribution is -2.41. The van der Waals surface area contributed by atoms with Gasteiger partial charge in [-0.15, -0.1) is 0 Å². The molecule has 2 aromatic carbocycles. The number of morpholine rings is 1. The van der Waals surface area contributed by atoms with Gasteiger partial charge in [-0.05, 0) is 30.2 Å². The number of hydrogen-bond donors (Lipinski definition) is 1. The van der Waals surface area contributed by atoms with Crippen LogP contribution in [0.15, 0.2) is 65.3 Å². The topological polar surface area (TPSA) is 70.8 Å². The highest BCUT2D eigenvalue weighted by atomic mass is 35.5. The summed E-state index contributed by atoms with van der Waals surface area (Å²) in [5.41, 5.74) is 2.59. The zero-order valence-electron chi connectivity index (χ0n) is 19.5. The number of carbonyl (C=O) groups excluding carboxylic acids is 1. The minimum absolute atomic E-state index is 0.109. The molecular formula is C26H31ClN4O3. The van der Waals surface area contributed by atoms with Gasteiger partial charge in [0.25, 0.3) is 5.91 Å². The van der Waals surface area contributed by atoms with E-state index in [0.29, 0.717) is 36.2 Å². The van der Waals surface area contributed by atoms with Crippen molar-refractivity contribution in [2.24, 2.45) is 0 Å². The van der Waals surface area contributed by atoms with E-state index in [2.05, 4.69) is 45.2 Å². The minimum atomic E-state index is -0.222. The first kappa shape index (κ1) is 24.4. The summed E-state index contributed by atoms with van der Waals surface area (Å²) in [6.45, 7) is 7.92. The maximum Gasteiger partial charge on any atom is 0.273 e. The van der Waals surface area contributed by atoms with Crippen LogP contribution < -0.4 is 5.32 Å². The highest BCUT2D eigenvalue weighted by Gasteiger charge is 2.21. The summed E-state index contributed by atoms with van der Waals surface area (Å²) in [6.07, 6.45) is 1.43. The first-order valence-corrected chi connectivity index (χ1v) is 12.0. The van der Waals surface area contributed by atoms with Crippen LogP contribution in [0.25, 0.3) is 0 Å². The monoisotopic (exact) mass is 482 g/mol. The smallest absolute Gasteiger partial charge is 0.273 e. The number of halogens is 1. The van der Waals surface area contributed by atoms with E-state index >= 15 is 0 Å². The molecule has 1 aromatic heterocycles. The Bertz CT molecular complexity index is 1050. The van der Waals surface area contributed by atoms with E-state index in [1.54, 1.807) is 0 Å². The molecule has 0 aliphatic carbocycles. The molecule has 7 nitrogen and oxygen atoms in total. The summed E-state index contributed by atoms with van der Waals surface area (Å²) in [4.78, 5) is 21.6. The molecule has 8 heteroatoms. The van der Waals surface area contributed by atoms with Gasteiger partial charge < -0.3 is 14.5 Å². The largest absolute Gasteiger partial charge is 0.447 e. The molecule has 1 saturated heterocycles. The third-order valence-electron chi connectivity index (χ3n) is 6.04. The molecule has 1 atom stereocenters. The molecule has 180 valence electrons. The third kappa shape index (κ3) is 6.90. The summed E-state index contributed by atoms with van der Waals surface area (Å²) in [5.74, 6) is 0.281. The van der Waals surface area contributed by atoms with Crippen LogP contribution in [-0.4, -0.2) is 60.1 Å². The Morgan fingerprint density at radius 2 is 1.94 bits per heavy atom. The van der Waals surface area contributed by atoms with Crippen LogP contribution in [0.2, 0.25) is 5.02 Å². The molecule has 0 saturated carbocycles. The predicted octanol–water partition coefficient (Wildman–Crippen LogP) is 4.15. The van der Waals surface area contributed by atoms with Gasteiger partial charge in [0.2, 0.25) is 5.89 Å². The molecule has 0 radical (unpaired) electrons. The second-order valence-corrected chi connectivity index (χ2v) is 8.89. The Morgan fingerprint density at radius 3 is 2.71 bits per heavy atom. The van der Waals surface area contributed by atoms with Crippen molar-refractivity contribution in [2.75, 3.05) is 39.4 Å². The van der Waals surface area contributed by atoms with Gasteiger partial charge in [-0.2, -0.15) is 0 Å². The fourth-order valence-corrected chi connectivity index (χ4v) is 4.26. The number of aromatic nitrogens is 1. The van der Waals surface area contributed by atoms with Gasteiger partial charge in [-0.25, -0.2) is 4.98 Å². The molecule has 0 bridgehead atoms. The van der Waals surface area contributed by atoms with Crippen molar-refractivity contribution in [2.45, 2.75) is 26.1 Å². The van der Waals surface area contributed by atoms with Crippen molar-refractivity contribution < 1.29 is 13.9 Å². The standard InChI is InChI=1S/C26H31ClN4O3/c1-20(22-7-3-2-4-8-22)31(17-21-6-5-9-23(27)16-21)18-25-29-24(19-34-25)26(32)28-10-11-30-12-14-33-15-13-30/h2-9,16,19-20H,10-15,17-18H2,1H3,(H,28,32)/t20-/m0/s1. The average Bonchev–Trinajstić information content (AvgIpc) is 3.33. The Morgan fingerprint density at radius 1 is 1.15 bits per heavy atom. The van der Waals surface area contributed by atoms with Crippen molar-refractivity contribution in [3.05, 3.63) is 88.6 Å². The fraction of sp³-hybridized carbons (Fsp3) is 0.385. The van der Waals surface area contributed by atoms with Gasteiger partial charge in [0, 0.05) is 43.8 Å². The van der Waals surface area contributed by atoms with Crippen LogP contribution in [0.3, 0.4) is 0 Å². The summed E-state index contributed by atoms with van der Waals surface area (Å²) in [6, 6.07) is 18.3. The van der Waals surface area contributed by atoms with E-state index in [1.165, 1.54) is 11.8 Å². The van der Waals surface area contributed by atoms with Crippen molar-refractivity contribution >= 4 is 17.5 Å². The molecule has 34 heavy (non-hydrogen) atoms. The lowest BCUT2D eigenvalue weighted by Gasteiger charge is -2.28. The number of hydrogen-bond acceptors (Lipinski definition) is 6. The molecular weight excluding hydrogens is 452 g/mol. The fourth-order valence-electron chi connectivity index (χ4n) is 4.05. The predicted molar refractivity (Wildman–Crippen MR) is 132 cm³/mol. The molecule has 1 aliphatic heterocycles. The van der Waals surface area contributed by atoms with Gasteiger partial charge >= 0.3 is 0 Å². The quantitative estimate of drug-likeness (QED) is 0.468. The Kier molecular flexibility index (Phi) is 8.71. The van der Waals surface area contributed by atoms with Crippen molar-refractivity contribution in [1.29, 1.82) is 0 Å². The SMILES string of the molecule is C[C@@H](c1ccccc1)N(Cc1cccc(Cl)c1)Cc1nc(C(=O)NCCN2CCOCC2)co1. The molecule has 4 rings (SSSR count). The number of ether oxygens (including phenoxy) is 1. The number of nitrogens with zero attached hydrogens (tertiary/aromatic N) is 3. The molecule has 0 spiro atoms.